The number of ether oxygens (including phenoxy) is 2. The SMILES string of the molecule is COc1ccc(CC(=O)NCCc2nc3ccccc3n2Cc2ccccc2C)cc1OC. The minimum Gasteiger partial charge on any atom is -0.493 e. The number of nitrogens with zero attached hydrogens (tertiary/aromatic N) is 2. The molecule has 1 amide bonds. The largest absolute Gasteiger partial charge is 0.493 e. The summed E-state index contributed by atoms with van der Waals surface area (Å²) in [6.45, 7) is 3.40. The van der Waals surface area contributed by atoms with Gasteiger partial charge in [0, 0.05) is 19.5 Å². The first-order chi connectivity index (χ1) is 16.1. The minimum absolute atomic E-state index is 0.0382. The lowest BCUT2D eigenvalue weighted by molar-refractivity contribution is -0.120. The van der Waals surface area contributed by atoms with Crippen molar-refractivity contribution in [2.45, 2.75) is 26.3 Å². The Morgan fingerprint density at radius 1 is 0.970 bits per heavy atom. The second-order valence-corrected chi connectivity index (χ2v) is 8.00. The lowest BCUT2D eigenvalue weighted by Gasteiger charge is -2.12. The van der Waals surface area contributed by atoms with Crippen LogP contribution >= 0.6 is 0 Å². The smallest absolute Gasteiger partial charge is 0.224 e. The molecule has 3 aromatic carbocycles. The fourth-order valence-electron chi connectivity index (χ4n) is 4.00. The number of imidazole rings is 1. The summed E-state index contributed by atoms with van der Waals surface area (Å²) < 4.78 is 12.8. The van der Waals surface area contributed by atoms with Gasteiger partial charge in [0.15, 0.2) is 11.5 Å². The maximum Gasteiger partial charge on any atom is 0.224 e. The van der Waals surface area contributed by atoms with E-state index in [-0.39, 0.29) is 12.3 Å². The van der Waals surface area contributed by atoms with Crippen molar-refractivity contribution in [2.75, 3.05) is 20.8 Å². The Morgan fingerprint density at radius 3 is 2.52 bits per heavy atom. The number of hydrogen-bond acceptors (Lipinski definition) is 4. The molecule has 0 aliphatic carbocycles. The molecule has 0 saturated heterocycles. The van der Waals surface area contributed by atoms with Gasteiger partial charge in [-0.05, 0) is 47.9 Å². The Balaban J connectivity index is 1.44. The lowest BCUT2D eigenvalue weighted by atomic mass is 10.1. The summed E-state index contributed by atoms with van der Waals surface area (Å²) in [5, 5.41) is 3.03. The number of nitrogens with one attached hydrogen (secondary N) is 1. The molecule has 0 atom stereocenters. The second-order valence-electron chi connectivity index (χ2n) is 8.00. The Labute approximate surface area is 194 Å². The summed E-state index contributed by atoms with van der Waals surface area (Å²) in [7, 11) is 3.18. The van der Waals surface area contributed by atoms with Gasteiger partial charge in [-0.15, -0.1) is 0 Å². The van der Waals surface area contributed by atoms with E-state index in [1.807, 2.05) is 36.4 Å². The number of fused-ring (bicyclic) bond motifs is 1. The van der Waals surface area contributed by atoms with Crippen molar-refractivity contribution in [1.29, 1.82) is 0 Å². The van der Waals surface area contributed by atoms with Crippen molar-refractivity contribution in [3.63, 3.8) is 0 Å². The van der Waals surface area contributed by atoms with Crippen molar-refractivity contribution in [1.82, 2.24) is 14.9 Å². The van der Waals surface area contributed by atoms with E-state index in [1.165, 1.54) is 11.1 Å². The summed E-state index contributed by atoms with van der Waals surface area (Å²) in [4.78, 5) is 17.4. The van der Waals surface area contributed by atoms with Gasteiger partial charge in [-0.25, -0.2) is 4.98 Å². The van der Waals surface area contributed by atoms with Crippen molar-refractivity contribution in [2.24, 2.45) is 0 Å². The van der Waals surface area contributed by atoms with Gasteiger partial charge >= 0.3 is 0 Å². The van der Waals surface area contributed by atoms with E-state index in [0.29, 0.717) is 24.5 Å². The number of aromatic nitrogens is 2. The molecule has 0 bridgehead atoms. The quantitative estimate of drug-likeness (QED) is 0.419. The fraction of sp³-hybridized carbons (Fsp3) is 0.259. The van der Waals surface area contributed by atoms with E-state index in [1.54, 1.807) is 14.2 Å². The molecule has 0 spiro atoms. The summed E-state index contributed by atoms with van der Waals surface area (Å²) in [5.41, 5.74) is 5.46. The van der Waals surface area contributed by atoms with E-state index in [4.69, 9.17) is 14.5 Å². The second kappa shape index (κ2) is 10.2. The van der Waals surface area contributed by atoms with Crippen LogP contribution in [0.4, 0.5) is 0 Å². The van der Waals surface area contributed by atoms with Crippen molar-refractivity contribution >= 4 is 16.9 Å². The van der Waals surface area contributed by atoms with Crippen LogP contribution in [0.1, 0.15) is 22.5 Å². The predicted octanol–water partition coefficient (Wildman–Crippen LogP) is 4.31. The van der Waals surface area contributed by atoms with Gasteiger partial charge in [-0.1, -0.05) is 42.5 Å². The summed E-state index contributed by atoms with van der Waals surface area (Å²) in [6.07, 6.45) is 0.929. The fourth-order valence-corrected chi connectivity index (χ4v) is 4.00. The third-order valence-corrected chi connectivity index (χ3v) is 5.81. The number of hydrogen-bond donors (Lipinski definition) is 1. The highest BCUT2D eigenvalue weighted by Gasteiger charge is 2.13. The van der Waals surface area contributed by atoms with Crippen LogP contribution in [-0.2, 0) is 24.2 Å². The molecule has 6 nitrogen and oxygen atoms in total. The van der Waals surface area contributed by atoms with Crippen LogP contribution in [0.15, 0.2) is 66.7 Å². The Morgan fingerprint density at radius 2 is 1.73 bits per heavy atom. The number of aryl methyl sites for hydroxylation is 1. The molecule has 0 fully saturated rings. The molecular weight excluding hydrogens is 414 g/mol. The highest BCUT2D eigenvalue weighted by Crippen LogP contribution is 2.27. The monoisotopic (exact) mass is 443 g/mol. The van der Waals surface area contributed by atoms with Gasteiger partial charge in [-0.2, -0.15) is 0 Å². The van der Waals surface area contributed by atoms with Crippen LogP contribution in [0.25, 0.3) is 11.0 Å². The number of carbonyl (C=O) groups excluding carboxylic acids is 1. The number of benzene rings is 3. The first-order valence-corrected chi connectivity index (χ1v) is 11.1. The molecule has 33 heavy (non-hydrogen) atoms. The average molecular weight is 444 g/mol. The lowest BCUT2D eigenvalue weighted by Crippen LogP contribution is -2.28. The first-order valence-electron chi connectivity index (χ1n) is 11.1. The van der Waals surface area contributed by atoms with Crippen molar-refractivity contribution in [3.05, 3.63) is 89.2 Å². The number of carbonyl (C=O) groups is 1. The molecular formula is C27H29N3O3. The molecule has 0 aliphatic rings. The van der Waals surface area contributed by atoms with Gasteiger partial charge in [0.25, 0.3) is 0 Å². The van der Waals surface area contributed by atoms with Crippen LogP contribution in [-0.4, -0.2) is 36.2 Å². The molecule has 0 unspecified atom stereocenters. The third-order valence-electron chi connectivity index (χ3n) is 5.81. The molecule has 0 radical (unpaired) electrons. The van der Waals surface area contributed by atoms with Gasteiger partial charge in [0.2, 0.25) is 5.91 Å². The number of amides is 1. The maximum absolute atomic E-state index is 12.5. The van der Waals surface area contributed by atoms with E-state index in [9.17, 15) is 4.79 Å². The highest BCUT2D eigenvalue weighted by atomic mass is 16.5. The van der Waals surface area contributed by atoms with E-state index >= 15 is 0 Å². The molecule has 170 valence electrons. The van der Waals surface area contributed by atoms with Gasteiger partial charge in [0.1, 0.15) is 5.82 Å². The molecule has 0 saturated carbocycles. The van der Waals surface area contributed by atoms with E-state index < -0.39 is 0 Å². The molecule has 4 rings (SSSR count). The van der Waals surface area contributed by atoms with Gasteiger partial charge < -0.3 is 19.4 Å². The van der Waals surface area contributed by atoms with Gasteiger partial charge in [0.05, 0.1) is 31.7 Å². The van der Waals surface area contributed by atoms with Gasteiger partial charge in [-0.3, -0.25) is 4.79 Å². The number of para-hydroxylation sites is 2. The van der Waals surface area contributed by atoms with Crippen molar-refractivity contribution in [3.8, 4) is 11.5 Å². The van der Waals surface area contributed by atoms with Crippen LogP contribution in [0.3, 0.4) is 0 Å². The Hall–Kier alpha value is -3.80. The molecule has 6 heteroatoms. The average Bonchev–Trinajstić information content (AvgIpc) is 3.17. The van der Waals surface area contributed by atoms with Crippen LogP contribution in [0.2, 0.25) is 0 Å². The van der Waals surface area contributed by atoms with Crippen LogP contribution in [0.5, 0.6) is 11.5 Å². The topological polar surface area (TPSA) is 65.4 Å². The molecule has 1 N–H and O–H groups in total. The normalized spacial score (nSPS) is 10.9. The summed E-state index contributed by atoms with van der Waals surface area (Å²) in [5.74, 6) is 2.19. The van der Waals surface area contributed by atoms with Crippen molar-refractivity contribution < 1.29 is 14.3 Å². The Kier molecular flexibility index (Phi) is 6.93. The van der Waals surface area contributed by atoms with E-state index in [0.717, 1.165) is 29.0 Å². The molecule has 4 aromatic rings. The minimum atomic E-state index is -0.0382. The highest BCUT2D eigenvalue weighted by molar-refractivity contribution is 5.79. The number of rotatable bonds is 9. The van der Waals surface area contributed by atoms with E-state index in [2.05, 4.69) is 47.1 Å². The maximum atomic E-state index is 12.5. The standard InChI is InChI=1S/C27H29N3O3/c1-19-8-4-5-9-21(19)18-30-23-11-7-6-10-22(23)29-26(30)14-15-28-27(31)17-20-12-13-24(32-2)25(16-20)33-3/h4-13,16H,14-15,17-18H2,1-3H3,(H,28,31). The zero-order valence-electron chi connectivity index (χ0n) is 19.3. The molecule has 0 aliphatic heterocycles. The molecule has 1 aromatic heterocycles. The van der Waals surface area contributed by atoms with Crippen LogP contribution in [0, 0.1) is 6.92 Å². The Bertz CT molecular complexity index is 1260. The summed E-state index contributed by atoms with van der Waals surface area (Å²) >= 11 is 0. The summed E-state index contributed by atoms with van der Waals surface area (Å²) in [6, 6.07) is 22.1. The zero-order chi connectivity index (χ0) is 23.2. The number of methoxy groups -OCH3 is 2. The third kappa shape index (κ3) is 5.17. The first kappa shape index (κ1) is 22.4. The predicted molar refractivity (Wildman–Crippen MR) is 130 cm³/mol. The molecule has 1 heterocycles. The van der Waals surface area contributed by atoms with Crippen LogP contribution < -0.4 is 14.8 Å². The zero-order valence-corrected chi connectivity index (χ0v) is 19.3.